The summed E-state index contributed by atoms with van der Waals surface area (Å²) >= 11 is 1.75. The summed E-state index contributed by atoms with van der Waals surface area (Å²) in [4.78, 5) is 5.69. The first-order valence-corrected chi connectivity index (χ1v) is 8.48. The van der Waals surface area contributed by atoms with Crippen LogP contribution in [-0.4, -0.2) is 31.1 Å². The number of alkyl halides is 3. The van der Waals surface area contributed by atoms with Crippen LogP contribution < -0.4 is 4.90 Å². The van der Waals surface area contributed by atoms with Gasteiger partial charge < -0.3 is 4.90 Å². The maximum Gasteiger partial charge on any atom is 0.416 e. The zero-order valence-electron chi connectivity index (χ0n) is 12.9. The molecule has 0 amide bonds. The van der Waals surface area contributed by atoms with Crippen LogP contribution in [0.2, 0.25) is 0 Å². The monoisotopic (exact) mass is 340 g/mol. The highest BCUT2D eigenvalue weighted by Crippen LogP contribution is 2.32. The number of hydrogen-bond donors (Lipinski definition) is 0. The van der Waals surface area contributed by atoms with E-state index >= 15 is 0 Å². The summed E-state index contributed by atoms with van der Waals surface area (Å²) in [5, 5.41) is 2.18. The van der Waals surface area contributed by atoms with Crippen LogP contribution >= 0.6 is 11.3 Å². The molecule has 1 fully saturated rings. The summed E-state index contributed by atoms with van der Waals surface area (Å²) in [6.45, 7) is 6.26. The van der Waals surface area contributed by atoms with Gasteiger partial charge in [-0.15, -0.1) is 11.3 Å². The molecular weight excluding hydrogens is 321 g/mol. The number of benzene rings is 1. The van der Waals surface area contributed by atoms with Crippen LogP contribution in [0, 0.1) is 6.92 Å². The predicted octanol–water partition coefficient (Wildman–Crippen LogP) is 4.40. The topological polar surface area (TPSA) is 6.48 Å². The van der Waals surface area contributed by atoms with E-state index in [1.54, 1.807) is 17.4 Å². The Morgan fingerprint density at radius 1 is 1.09 bits per heavy atom. The molecule has 0 aliphatic carbocycles. The predicted molar refractivity (Wildman–Crippen MR) is 88.0 cm³/mol. The highest BCUT2D eigenvalue weighted by Gasteiger charge is 2.31. The van der Waals surface area contributed by atoms with Crippen LogP contribution in [0.15, 0.2) is 35.7 Å². The van der Waals surface area contributed by atoms with Crippen molar-refractivity contribution in [2.75, 3.05) is 31.1 Å². The molecule has 2 heterocycles. The smallest absolute Gasteiger partial charge is 0.369 e. The number of nitrogens with zero attached hydrogens (tertiary/aromatic N) is 2. The number of halogens is 3. The highest BCUT2D eigenvalue weighted by molar-refractivity contribution is 7.10. The first kappa shape index (κ1) is 16.3. The van der Waals surface area contributed by atoms with Gasteiger partial charge in [-0.2, -0.15) is 13.2 Å². The Morgan fingerprint density at radius 3 is 2.43 bits per heavy atom. The van der Waals surface area contributed by atoms with E-state index in [0.29, 0.717) is 5.69 Å². The second-order valence-corrected chi connectivity index (χ2v) is 6.99. The van der Waals surface area contributed by atoms with Gasteiger partial charge in [0.25, 0.3) is 0 Å². The van der Waals surface area contributed by atoms with Gasteiger partial charge >= 0.3 is 6.18 Å². The lowest BCUT2D eigenvalue weighted by atomic mass is 10.1. The first-order valence-electron chi connectivity index (χ1n) is 7.60. The largest absolute Gasteiger partial charge is 0.416 e. The number of hydrogen-bond acceptors (Lipinski definition) is 3. The van der Waals surface area contributed by atoms with Gasteiger partial charge in [0.2, 0.25) is 0 Å². The third-order valence-electron chi connectivity index (χ3n) is 4.10. The average molecular weight is 340 g/mol. The maximum absolute atomic E-state index is 12.8. The minimum Gasteiger partial charge on any atom is -0.369 e. The average Bonchev–Trinajstić information content (AvgIpc) is 2.92. The number of thiophene rings is 1. The van der Waals surface area contributed by atoms with Crippen molar-refractivity contribution < 1.29 is 13.2 Å². The van der Waals surface area contributed by atoms with E-state index in [0.717, 1.165) is 38.8 Å². The summed E-state index contributed by atoms with van der Waals surface area (Å²) in [6, 6.07) is 7.81. The normalized spacial score (nSPS) is 16.8. The minimum absolute atomic E-state index is 0.578. The minimum atomic E-state index is -4.28. The zero-order valence-corrected chi connectivity index (χ0v) is 13.8. The van der Waals surface area contributed by atoms with E-state index < -0.39 is 11.7 Å². The van der Waals surface area contributed by atoms with Crippen molar-refractivity contribution in [3.8, 4) is 0 Å². The first-order chi connectivity index (χ1) is 10.9. The molecule has 0 bridgehead atoms. The fourth-order valence-corrected chi connectivity index (χ4v) is 3.58. The van der Waals surface area contributed by atoms with Gasteiger partial charge in [0.15, 0.2) is 0 Å². The van der Waals surface area contributed by atoms with Crippen LogP contribution in [0.3, 0.4) is 0 Å². The molecule has 0 unspecified atom stereocenters. The summed E-state index contributed by atoms with van der Waals surface area (Å²) < 4.78 is 38.4. The van der Waals surface area contributed by atoms with E-state index in [1.165, 1.54) is 22.6 Å². The van der Waals surface area contributed by atoms with E-state index in [9.17, 15) is 13.2 Å². The molecular formula is C17H19F3N2S. The van der Waals surface area contributed by atoms with Crippen molar-refractivity contribution in [3.63, 3.8) is 0 Å². The van der Waals surface area contributed by atoms with Crippen molar-refractivity contribution in [2.45, 2.75) is 19.6 Å². The van der Waals surface area contributed by atoms with E-state index in [4.69, 9.17) is 0 Å². The SMILES string of the molecule is Cc1cc(CN2CCN(c3cccc(C(F)(F)F)c3)CC2)cs1. The molecule has 0 atom stereocenters. The fourth-order valence-electron chi connectivity index (χ4n) is 2.88. The van der Waals surface area contributed by atoms with Crippen molar-refractivity contribution in [2.24, 2.45) is 0 Å². The van der Waals surface area contributed by atoms with Crippen LogP contribution in [0.1, 0.15) is 16.0 Å². The number of piperazine rings is 1. The zero-order chi connectivity index (χ0) is 16.4. The molecule has 6 heteroatoms. The maximum atomic E-state index is 12.8. The van der Waals surface area contributed by atoms with Gasteiger partial charge in [0.05, 0.1) is 5.56 Å². The van der Waals surface area contributed by atoms with Gasteiger partial charge in [-0.3, -0.25) is 4.90 Å². The fraction of sp³-hybridized carbons (Fsp3) is 0.412. The van der Waals surface area contributed by atoms with Gasteiger partial charge in [0.1, 0.15) is 0 Å². The van der Waals surface area contributed by atoms with Gasteiger partial charge in [-0.25, -0.2) is 0 Å². The molecule has 2 nitrogen and oxygen atoms in total. The molecule has 1 aromatic carbocycles. The third-order valence-corrected chi connectivity index (χ3v) is 5.01. The Morgan fingerprint density at radius 2 is 1.83 bits per heavy atom. The molecule has 0 radical (unpaired) electrons. The molecule has 1 aliphatic heterocycles. The third kappa shape index (κ3) is 4.06. The molecule has 3 rings (SSSR count). The number of anilines is 1. The second-order valence-electron chi connectivity index (χ2n) is 5.88. The molecule has 23 heavy (non-hydrogen) atoms. The molecule has 1 aromatic heterocycles. The number of rotatable bonds is 3. The highest BCUT2D eigenvalue weighted by atomic mass is 32.1. The molecule has 2 aromatic rings. The van der Waals surface area contributed by atoms with Gasteiger partial charge in [0, 0.05) is 43.3 Å². The van der Waals surface area contributed by atoms with E-state index in [2.05, 4.69) is 23.3 Å². The molecule has 1 saturated heterocycles. The van der Waals surface area contributed by atoms with Crippen LogP contribution in [0.5, 0.6) is 0 Å². The van der Waals surface area contributed by atoms with Crippen molar-refractivity contribution >= 4 is 17.0 Å². The van der Waals surface area contributed by atoms with Crippen LogP contribution in [0.25, 0.3) is 0 Å². The molecule has 0 saturated carbocycles. The van der Waals surface area contributed by atoms with Gasteiger partial charge in [-0.05, 0) is 42.1 Å². The molecule has 0 spiro atoms. The Hall–Kier alpha value is -1.53. The summed E-state index contributed by atoms with van der Waals surface area (Å²) in [6.07, 6.45) is -4.28. The Balaban J connectivity index is 1.60. The molecule has 124 valence electrons. The molecule has 1 aliphatic rings. The lowest BCUT2D eigenvalue weighted by Gasteiger charge is -2.36. The van der Waals surface area contributed by atoms with Crippen molar-refractivity contribution in [1.29, 1.82) is 0 Å². The lowest BCUT2D eigenvalue weighted by Crippen LogP contribution is -2.46. The lowest BCUT2D eigenvalue weighted by molar-refractivity contribution is -0.137. The van der Waals surface area contributed by atoms with Crippen molar-refractivity contribution in [1.82, 2.24) is 4.90 Å². The Labute approximate surface area is 138 Å². The second kappa shape index (κ2) is 6.53. The van der Waals surface area contributed by atoms with E-state index in [-0.39, 0.29) is 0 Å². The quantitative estimate of drug-likeness (QED) is 0.817. The van der Waals surface area contributed by atoms with Gasteiger partial charge in [-0.1, -0.05) is 6.07 Å². The van der Waals surface area contributed by atoms with Crippen LogP contribution in [-0.2, 0) is 12.7 Å². The van der Waals surface area contributed by atoms with Crippen LogP contribution in [0.4, 0.5) is 18.9 Å². The Bertz CT molecular complexity index is 658. The summed E-state index contributed by atoms with van der Waals surface area (Å²) in [5.41, 5.74) is 1.40. The summed E-state index contributed by atoms with van der Waals surface area (Å²) in [5.74, 6) is 0. The number of aryl methyl sites for hydroxylation is 1. The standard InChI is InChI=1S/C17H19F3N2S/c1-13-9-14(12-23-13)11-21-5-7-22(8-6-21)16-4-2-3-15(10-16)17(18,19)20/h2-4,9-10,12H,5-8,11H2,1H3. The summed E-state index contributed by atoms with van der Waals surface area (Å²) in [7, 11) is 0. The van der Waals surface area contributed by atoms with Crippen molar-refractivity contribution in [3.05, 3.63) is 51.7 Å². The van der Waals surface area contributed by atoms with E-state index in [1.807, 2.05) is 4.90 Å². The molecule has 0 N–H and O–H groups in total. The Kier molecular flexibility index (Phi) is 4.64.